The molecule has 0 spiro atoms. The first kappa shape index (κ1) is 19.7. The predicted molar refractivity (Wildman–Crippen MR) is 122 cm³/mol. The van der Waals surface area contributed by atoms with E-state index in [0.717, 1.165) is 21.9 Å². The fourth-order valence-corrected chi connectivity index (χ4v) is 4.20. The first-order chi connectivity index (χ1) is 15.6. The highest BCUT2D eigenvalue weighted by Gasteiger charge is 2.46. The molecule has 3 aromatic carbocycles. The molecule has 1 amide bonds. The van der Waals surface area contributed by atoms with Crippen molar-refractivity contribution >= 4 is 28.2 Å². The van der Waals surface area contributed by atoms with Crippen LogP contribution in [0.1, 0.15) is 22.7 Å². The SMILES string of the molecule is O=C1C(=O)N(Cc2ccncc2)C(c2ccccc2)/C1=C(/O)c1ccc2ccccc2c1. The second-order valence-electron chi connectivity index (χ2n) is 7.76. The molecule has 1 fully saturated rings. The van der Waals surface area contributed by atoms with Crippen molar-refractivity contribution in [2.45, 2.75) is 12.6 Å². The highest BCUT2D eigenvalue weighted by molar-refractivity contribution is 6.46. The number of likely N-dealkylation sites (tertiary alicyclic amines) is 1. The average molecular weight is 420 g/mol. The van der Waals surface area contributed by atoms with Crippen LogP contribution in [-0.2, 0) is 16.1 Å². The molecule has 5 rings (SSSR count). The maximum atomic E-state index is 13.1. The third-order valence-electron chi connectivity index (χ3n) is 5.78. The number of aliphatic hydroxyl groups is 1. The van der Waals surface area contributed by atoms with E-state index in [0.29, 0.717) is 5.56 Å². The number of nitrogens with zero attached hydrogens (tertiary/aromatic N) is 2. The molecule has 32 heavy (non-hydrogen) atoms. The monoisotopic (exact) mass is 420 g/mol. The van der Waals surface area contributed by atoms with Gasteiger partial charge in [-0.1, -0.05) is 66.7 Å². The number of aromatic nitrogens is 1. The van der Waals surface area contributed by atoms with Gasteiger partial charge >= 0.3 is 0 Å². The zero-order valence-corrected chi connectivity index (χ0v) is 17.2. The van der Waals surface area contributed by atoms with E-state index in [1.165, 1.54) is 4.90 Å². The number of rotatable bonds is 4. The Balaban J connectivity index is 1.66. The fourth-order valence-electron chi connectivity index (χ4n) is 4.20. The van der Waals surface area contributed by atoms with Gasteiger partial charge < -0.3 is 10.0 Å². The molecule has 5 heteroatoms. The summed E-state index contributed by atoms with van der Waals surface area (Å²) < 4.78 is 0. The number of fused-ring (bicyclic) bond motifs is 1. The number of amides is 1. The van der Waals surface area contributed by atoms with E-state index >= 15 is 0 Å². The van der Waals surface area contributed by atoms with Gasteiger partial charge in [-0.3, -0.25) is 14.6 Å². The summed E-state index contributed by atoms with van der Waals surface area (Å²) in [4.78, 5) is 31.7. The van der Waals surface area contributed by atoms with Gasteiger partial charge in [-0.2, -0.15) is 0 Å². The first-order valence-electron chi connectivity index (χ1n) is 10.3. The molecule has 1 saturated heterocycles. The van der Waals surface area contributed by atoms with Crippen molar-refractivity contribution in [2.75, 3.05) is 0 Å². The van der Waals surface area contributed by atoms with Gasteiger partial charge in [0.1, 0.15) is 5.76 Å². The number of aliphatic hydroxyl groups excluding tert-OH is 1. The average Bonchev–Trinajstić information content (AvgIpc) is 3.09. The van der Waals surface area contributed by atoms with E-state index in [1.54, 1.807) is 18.5 Å². The minimum Gasteiger partial charge on any atom is -0.507 e. The number of hydrogen-bond donors (Lipinski definition) is 1. The molecular weight excluding hydrogens is 400 g/mol. The van der Waals surface area contributed by atoms with Crippen molar-refractivity contribution in [3.05, 3.63) is 120 Å². The molecule has 1 unspecified atom stereocenters. The van der Waals surface area contributed by atoms with Crippen molar-refractivity contribution in [3.8, 4) is 0 Å². The molecule has 4 aromatic rings. The number of pyridine rings is 1. The van der Waals surface area contributed by atoms with Gasteiger partial charge in [-0.25, -0.2) is 0 Å². The molecule has 1 aromatic heterocycles. The van der Waals surface area contributed by atoms with Crippen molar-refractivity contribution in [1.29, 1.82) is 0 Å². The van der Waals surface area contributed by atoms with Crippen LogP contribution in [0.25, 0.3) is 16.5 Å². The van der Waals surface area contributed by atoms with E-state index in [-0.39, 0.29) is 17.9 Å². The Hall–Kier alpha value is -4.25. The number of Topliss-reactive ketones (excluding diaryl/α,β-unsaturated/α-hetero) is 1. The smallest absolute Gasteiger partial charge is 0.295 e. The number of ketones is 1. The molecule has 1 N–H and O–H groups in total. The van der Waals surface area contributed by atoms with Gasteiger partial charge in [0.05, 0.1) is 11.6 Å². The van der Waals surface area contributed by atoms with E-state index < -0.39 is 17.7 Å². The molecule has 2 heterocycles. The maximum Gasteiger partial charge on any atom is 0.295 e. The van der Waals surface area contributed by atoms with Gasteiger partial charge in [0.2, 0.25) is 0 Å². The summed E-state index contributed by atoms with van der Waals surface area (Å²) in [6.07, 6.45) is 3.30. The summed E-state index contributed by atoms with van der Waals surface area (Å²) in [5.74, 6) is -1.48. The molecule has 156 valence electrons. The Kier molecular flexibility index (Phi) is 5.00. The lowest BCUT2D eigenvalue weighted by atomic mass is 9.94. The lowest BCUT2D eigenvalue weighted by Crippen LogP contribution is -2.29. The van der Waals surface area contributed by atoms with Crippen LogP contribution in [-0.4, -0.2) is 26.7 Å². The van der Waals surface area contributed by atoms with E-state index in [4.69, 9.17) is 0 Å². The van der Waals surface area contributed by atoms with Gasteiger partial charge in [0, 0.05) is 24.5 Å². The fraction of sp³-hybridized carbons (Fsp3) is 0.0741. The third-order valence-corrected chi connectivity index (χ3v) is 5.78. The summed E-state index contributed by atoms with van der Waals surface area (Å²) in [6, 6.07) is 25.6. The predicted octanol–water partition coefficient (Wildman–Crippen LogP) is 4.86. The Morgan fingerprint density at radius 1 is 0.844 bits per heavy atom. The quantitative estimate of drug-likeness (QED) is 0.291. The molecule has 1 atom stereocenters. The highest BCUT2D eigenvalue weighted by Crippen LogP contribution is 2.40. The Labute approximate surface area is 185 Å². The van der Waals surface area contributed by atoms with Crippen molar-refractivity contribution in [1.82, 2.24) is 9.88 Å². The standard InChI is InChI=1S/C27H20N2O3/c30-25(22-11-10-19-6-4-5-9-21(19)16-22)23-24(20-7-2-1-3-8-20)29(27(32)26(23)31)17-18-12-14-28-15-13-18/h1-16,24,30H,17H2/b25-23-. The molecule has 0 bridgehead atoms. The lowest BCUT2D eigenvalue weighted by molar-refractivity contribution is -0.140. The van der Waals surface area contributed by atoms with E-state index in [1.807, 2.05) is 78.9 Å². The van der Waals surface area contributed by atoms with Crippen LogP contribution < -0.4 is 0 Å². The van der Waals surface area contributed by atoms with Crippen LogP contribution in [0.15, 0.2) is 103 Å². The zero-order valence-electron chi connectivity index (χ0n) is 17.2. The van der Waals surface area contributed by atoms with Gasteiger partial charge in [-0.15, -0.1) is 0 Å². The molecule has 0 saturated carbocycles. The summed E-state index contributed by atoms with van der Waals surface area (Å²) in [5.41, 5.74) is 2.23. The summed E-state index contributed by atoms with van der Waals surface area (Å²) in [6.45, 7) is 0.237. The van der Waals surface area contributed by atoms with Crippen LogP contribution >= 0.6 is 0 Å². The minimum atomic E-state index is -0.684. The van der Waals surface area contributed by atoms with Crippen LogP contribution in [0.4, 0.5) is 0 Å². The highest BCUT2D eigenvalue weighted by atomic mass is 16.3. The largest absolute Gasteiger partial charge is 0.507 e. The normalized spacial score (nSPS) is 17.8. The second kappa shape index (κ2) is 8.12. The topological polar surface area (TPSA) is 70.5 Å². The van der Waals surface area contributed by atoms with Crippen LogP contribution in [0, 0.1) is 0 Å². The van der Waals surface area contributed by atoms with Crippen LogP contribution in [0.5, 0.6) is 0 Å². The molecular formula is C27H20N2O3. The van der Waals surface area contributed by atoms with Gasteiger partial charge in [0.25, 0.3) is 11.7 Å². The third kappa shape index (κ3) is 3.44. The number of carbonyl (C=O) groups is 2. The summed E-state index contributed by atoms with van der Waals surface area (Å²) in [5, 5.41) is 13.2. The Bertz CT molecular complexity index is 1350. The molecule has 0 radical (unpaired) electrons. The molecule has 5 nitrogen and oxygen atoms in total. The second-order valence-corrected chi connectivity index (χ2v) is 7.76. The Morgan fingerprint density at radius 3 is 2.28 bits per heavy atom. The van der Waals surface area contributed by atoms with Crippen molar-refractivity contribution in [2.24, 2.45) is 0 Å². The maximum absolute atomic E-state index is 13.1. The summed E-state index contributed by atoms with van der Waals surface area (Å²) >= 11 is 0. The zero-order chi connectivity index (χ0) is 22.1. The van der Waals surface area contributed by atoms with Crippen LogP contribution in [0.2, 0.25) is 0 Å². The van der Waals surface area contributed by atoms with Crippen LogP contribution in [0.3, 0.4) is 0 Å². The van der Waals surface area contributed by atoms with E-state index in [9.17, 15) is 14.7 Å². The van der Waals surface area contributed by atoms with Gasteiger partial charge in [-0.05, 0) is 40.1 Å². The molecule has 1 aliphatic rings. The lowest BCUT2D eigenvalue weighted by Gasteiger charge is -2.25. The number of benzene rings is 3. The number of carbonyl (C=O) groups excluding carboxylic acids is 2. The van der Waals surface area contributed by atoms with Crippen molar-refractivity contribution in [3.63, 3.8) is 0 Å². The minimum absolute atomic E-state index is 0.102. The summed E-state index contributed by atoms with van der Waals surface area (Å²) in [7, 11) is 0. The molecule has 0 aliphatic carbocycles. The molecule has 1 aliphatic heterocycles. The van der Waals surface area contributed by atoms with Crippen molar-refractivity contribution < 1.29 is 14.7 Å². The van der Waals surface area contributed by atoms with E-state index in [2.05, 4.69) is 4.98 Å². The van der Waals surface area contributed by atoms with Gasteiger partial charge in [0.15, 0.2) is 0 Å². The number of hydrogen-bond acceptors (Lipinski definition) is 4. The first-order valence-corrected chi connectivity index (χ1v) is 10.3. The Morgan fingerprint density at radius 2 is 1.53 bits per heavy atom.